The molecule has 1 unspecified atom stereocenters. The van der Waals surface area contributed by atoms with Crippen LogP contribution in [0, 0.1) is 22.7 Å². The second-order valence-corrected chi connectivity index (χ2v) is 19.1. The topological polar surface area (TPSA) is 95.7 Å². The van der Waals surface area contributed by atoms with Crippen LogP contribution in [0.4, 0.5) is 17.1 Å². The first-order chi connectivity index (χ1) is 34.6. The third-order valence-electron chi connectivity index (χ3n) is 14.5. The average molecular weight is 912 g/mol. The fourth-order valence-electron chi connectivity index (χ4n) is 11.6. The Morgan fingerprint density at radius 1 is 0.443 bits per heavy atom. The molecule has 4 aromatic heterocycles. The zero-order chi connectivity index (χ0) is 46.2. The van der Waals surface area contributed by atoms with Crippen molar-refractivity contribution in [1.29, 1.82) is 10.5 Å². The summed E-state index contributed by atoms with van der Waals surface area (Å²) in [4.78, 5) is 15.2. The lowest BCUT2D eigenvalue weighted by molar-refractivity contribution is 0.436. The van der Waals surface area contributed by atoms with Crippen LogP contribution in [0.5, 0.6) is 11.5 Å². The minimum atomic E-state index is -0.847. The molecule has 15 rings (SSSR count). The second-order valence-electron chi connectivity index (χ2n) is 18.0. The summed E-state index contributed by atoms with van der Waals surface area (Å²) in [6.45, 7) is 0. The van der Waals surface area contributed by atoms with Crippen molar-refractivity contribution < 1.29 is 4.74 Å². The summed E-state index contributed by atoms with van der Waals surface area (Å²) in [5, 5.41) is 23.9. The molecule has 8 aromatic carbocycles. The number of nitrogens with zero attached hydrogens (tertiary/aromatic N) is 7. The molecule has 70 heavy (non-hydrogen) atoms. The van der Waals surface area contributed by atoms with E-state index in [1.807, 2.05) is 72.7 Å². The number of hydrogen-bond donors (Lipinski definition) is 0. The van der Waals surface area contributed by atoms with Crippen molar-refractivity contribution in [2.45, 2.75) is 15.2 Å². The van der Waals surface area contributed by atoms with Crippen LogP contribution in [-0.4, -0.2) is 19.1 Å². The first-order valence-corrected chi connectivity index (χ1v) is 23.9. The van der Waals surface area contributed by atoms with E-state index in [2.05, 4.69) is 166 Å². The number of pyridine rings is 2. The van der Waals surface area contributed by atoms with Crippen LogP contribution in [0.3, 0.4) is 0 Å². The third-order valence-corrected chi connectivity index (χ3v) is 15.6. The van der Waals surface area contributed by atoms with Gasteiger partial charge in [-0.3, -0.25) is 9.97 Å². The monoisotopic (exact) mass is 911 g/mol. The predicted molar refractivity (Wildman–Crippen MR) is 276 cm³/mol. The molecule has 1 atom stereocenters. The predicted octanol–water partition coefficient (Wildman–Crippen LogP) is 14.8. The Kier molecular flexibility index (Phi) is 7.90. The van der Waals surface area contributed by atoms with Gasteiger partial charge in [-0.25, -0.2) is 0 Å². The van der Waals surface area contributed by atoms with E-state index in [0.29, 0.717) is 11.1 Å². The zero-order valence-corrected chi connectivity index (χ0v) is 37.8. The Bertz CT molecular complexity index is 4270. The van der Waals surface area contributed by atoms with Crippen LogP contribution >= 0.6 is 11.8 Å². The van der Waals surface area contributed by atoms with E-state index in [1.165, 1.54) is 21.2 Å². The summed E-state index contributed by atoms with van der Waals surface area (Å²) in [7, 11) is 0. The van der Waals surface area contributed by atoms with Gasteiger partial charge >= 0.3 is 0 Å². The molecule has 0 radical (unpaired) electrons. The Balaban J connectivity index is 0.943. The maximum absolute atomic E-state index is 9.92. The molecule has 3 aliphatic rings. The van der Waals surface area contributed by atoms with Gasteiger partial charge in [0.15, 0.2) is 0 Å². The van der Waals surface area contributed by atoms with Crippen LogP contribution < -0.4 is 9.64 Å². The highest BCUT2D eigenvalue weighted by atomic mass is 32.2. The van der Waals surface area contributed by atoms with Crippen molar-refractivity contribution in [2.75, 3.05) is 4.90 Å². The largest absolute Gasteiger partial charge is 0.457 e. The van der Waals surface area contributed by atoms with Crippen molar-refractivity contribution >= 4 is 72.4 Å². The smallest absolute Gasteiger partial charge is 0.134 e. The van der Waals surface area contributed by atoms with Crippen LogP contribution in [0.2, 0.25) is 0 Å². The van der Waals surface area contributed by atoms with E-state index in [0.717, 1.165) is 106 Å². The summed E-state index contributed by atoms with van der Waals surface area (Å²) in [6.07, 6.45) is 3.75. The SMILES string of the molecule is N#Cc1ccc2c(c1)c1cc(C#N)ccc1n2-c1cnc2c(c1)C1(c3ccccc3Oc3cc(-n4c5ccccc5c5cc(N6c7ccccc7Sc7ccccc76)ccc54)ccc31)c1cccnc1-2. The van der Waals surface area contributed by atoms with Gasteiger partial charge in [-0.05, 0) is 115 Å². The number of fused-ring (bicyclic) bond motifs is 17. The molecular weight excluding hydrogens is 879 g/mol. The highest BCUT2D eigenvalue weighted by molar-refractivity contribution is 7.99. The quantitative estimate of drug-likeness (QED) is 0.174. The second kappa shape index (κ2) is 14.3. The van der Waals surface area contributed by atoms with Gasteiger partial charge in [0.2, 0.25) is 0 Å². The average Bonchev–Trinajstić information content (AvgIpc) is 4.03. The highest BCUT2D eigenvalue weighted by Crippen LogP contribution is 2.62. The summed E-state index contributed by atoms with van der Waals surface area (Å²) in [5.74, 6) is 1.51. The molecule has 9 heteroatoms. The van der Waals surface area contributed by atoms with Gasteiger partial charge in [-0.15, -0.1) is 0 Å². The molecule has 0 N–H and O–H groups in total. The number of para-hydroxylation sites is 4. The molecule has 1 aliphatic carbocycles. The number of nitriles is 2. The Labute approximate surface area is 405 Å². The molecule has 12 aromatic rings. The number of anilines is 3. The van der Waals surface area contributed by atoms with Gasteiger partial charge in [-0.2, -0.15) is 10.5 Å². The lowest BCUT2D eigenvalue weighted by Gasteiger charge is -2.39. The molecule has 0 saturated heterocycles. The van der Waals surface area contributed by atoms with Crippen LogP contribution in [0.15, 0.2) is 210 Å². The molecular formula is C61H33N7OS. The fourth-order valence-corrected chi connectivity index (χ4v) is 12.7. The van der Waals surface area contributed by atoms with Crippen LogP contribution in [-0.2, 0) is 5.41 Å². The third kappa shape index (κ3) is 5.13. The van der Waals surface area contributed by atoms with Crippen molar-refractivity contribution in [3.05, 3.63) is 234 Å². The lowest BCUT2D eigenvalue weighted by Crippen LogP contribution is -2.32. The minimum Gasteiger partial charge on any atom is -0.457 e. The van der Waals surface area contributed by atoms with E-state index in [1.54, 1.807) is 0 Å². The maximum atomic E-state index is 9.92. The van der Waals surface area contributed by atoms with Gasteiger partial charge in [0.05, 0.1) is 85.4 Å². The molecule has 0 bridgehead atoms. The molecule has 1 spiro atoms. The number of benzene rings is 8. The summed E-state index contributed by atoms with van der Waals surface area (Å²) in [5.41, 5.74) is 15.2. The molecule has 0 amide bonds. The molecule has 324 valence electrons. The van der Waals surface area contributed by atoms with Gasteiger partial charge in [-0.1, -0.05) is 84.6 Å². The molecule has 0 saturated carbocycles. The summed E-state index contributed by atoms with van der Waals surface area (Å²) >= 11 is 1.81. The van der Waals surface area contributed by atoms with E-state index >= 15 is 0 Å². The minimum absolute atomic E-state index is 0.552. The Morgan fingerprint density at radius 3 is 1.79 bits per heavy atom. The van der Waals surface area contributed by atoms with Crippen molar-refractivity contribution in [3.63, 3.8) is 0 Å². The van der Waals surface area contributed by atoms with Crippen LogP contribution in [0.1, 0.15) is 33.4 Å². The van der Waals surface area contributed by atoms with Gasteiger partial charge in [0.25, 0.3) is 0 Å². The maximum Gasteiger partial charge on any atom is 0.134 e. The van der Waals surface area contributed by atoms with Gasteiger partial charge < -0.3 is 18.8 Å². The number of hydrogen-bond acceptors (Lipinski definition) is 7. The summed E-state index contributed by atoms with van der Waals surface area (Å²) < 4.78 is 11.6. The van der Waals surface area contributed by atoms with E-state index in [-0.39, 0.29) is 0 Å². The molecule has 8 nitrogen and oxygen atoms in total. The van der Waals surface area contributed by atoms with Gasteiger partial charge in [0.1, 0.15) is 11.5 Å². The van der Waals surface area contributed by atoms with Gasteiger partial charge in [0, 0.05) is 71.7 Å². The van der Waals surface area contributed by atoms with Crippen molar-refractivity contribution in [1.82, 2.24) is 19.1 Å². The van der Waals surface area contributed by atoms with Crippen molar-refractivity contribution in [2.24, 2.45) is 0 Å². The fraction of sp³-hybridized carbons (Fsp3) is 0.0164. The van der Waals surface area contributed by atoms with E-state index < -0.39 is 5.41 Å². The number of ether oxygens (including phenoxy) is 1. The first kappa shape index (κ1) is 38.7. The Hall–Kier alpha value is -9.41. The Morgan fingerprint density at radius 2 is 1.03 bits per heavy atom. The molecule has 6 heterocycles. The standard InChI is InChI=1S/C61H33N7OS/c62-33-36-19-24-50-42(28-36)43-29-37(34-63)20-25-51(43)68(50)40-31-48-60(65-35-40)59-47(12-9-27-64-59)61(48)45-11-2-6-16-55(45)69-56-32-39(21-23-46(56)61)66-49-13-3-1-10-41(49)44-30-38(22-26-52(44)66)67-53-14-4-7-17-57(53)70-58-18-8-5-15-54(58)67/h1-32,35H. The normalized spacial score (nSPS) is 14.9. The zero-order valence-electron chi connectivity index (χ0n) is 37.0. The van der Waals surface area contributed by atoms with Crippen LogP contribution in [0.25, 0.3) is 66.4 Å². The van der Waals surface area contributed by atoms with E-state index in [4.69, 9.17) is 14.7 Å². The summed E-state index contributed by atoms with van der Waals surface area (Å²) in [6, 6.07) is 70.3. The van der Waals surface area contributed by atoms with Crippen molar-refractivity contribution in [3.8, 4) is 46.4 Å². The van der Waals surface area contributed by atoms with E-state index in [9.17, 15) is 10.5 Å². The lowest BCUT2D eigenvalue weighted by atomic mass is 9.66. The number of aromatic nitrogens is 4. The number of rotatable bonds is 3. The first-order valence-electron chi connectivity index (χ1n) is 23.1. The highest BCUT2D eigenvalue weighted by Gasteiger charge is 2.52. The molecule has 2 aliphatic heterocycles. The molecule has 0 fully saturated rings.